The molecular weight excluding hydrogens is 298 g/mol. The molecule has 1 amide bonds. The fraction of sp³-hybridized carbons (Fsp3) is 0.0625. The number of hydrogen-bond donors (Lipinski definition) is 1. The SMILES string of the molecule is COc1cc(C(=O)Nc2nncs2)ccc1-c1ccccc1. The zero-order chi connectivity index (χ0) is 15.4. The van der Waals surface area contributed by atoms with Crippen molar-refractivity contribution in [2.24, 2.45) is 0 Å². The number of carbonyl (C=O) groups excluding carboxylic acids is 1. The number of hydrogen-bond acceptors (Lipinski definition) is 5. The highest BCUT2D eigenvalue weighted by Gasteiger charge is 2.12. The van der Waals surface area contributed by atoms with E-state index in [9.17, 15) is 4.79 Å². The molecule has 3 aromatic rings. The van der Waals surface area contributed by atoms with Crippen LogP contribution in [-0.4, -0.2) is 23.2 Å². The summed E-state index contributed by atoms with van der Waals surface area (Å²) in [6, 6.07) is 15.2. The van der Waals surface area contributed by atoms with E-state index in [0.29, 0.717) is 16.4 Å². The summed E-state index contributed by atoms with van der Waals surface area (Å²) in [4.78, 5) is 12.2. The highest BCUT2D eigenvalue weighted by molar-refractivity contribution is 7.13. The largest absolute Gasteiger partial charge is 0.496 e. The van der Waals surface area contributed by atoms with E-state index in [2.05, 4.69) is 15.5 Å². The summed E-state index contributed by atoms with van der Waals surface area (Å²) >= 11 is 1.27. The lowest BCUT2D eigenvalue weighted by Crippen LogP contribution is -2.12. The highest BCUT2D eigenvalue weighted by Crippen LogP contribution is 2.30. The Hall–Kier alpha value is -2.73. The van der Waals surface area contributed by atoms with Crippen LogP contribution in [0.4, 0.5) is 5.13 Å². The van der Waals surface area contributed by atoms with Crippen molar-refractivity contribution in [3.05, 3.63) is 59.6 Å². The van der Waals surface area contributed by atoms with Gasteiger partial charge >= 0.3 is 0 Å². The normalized spacial score (nSPS) is 10.2. The maximum Gasteiger partial charge on any atom is 0.257 e. The molecule has 0 unspecified atom stereocenters. The predicted octanol–water partition coefficient (Wildman–Crippen LogP) is 3.47. The van der Waals surface area contributed by atoms with E-state index in [4.69, 9.17) is 4.74 Å². The molecule has 22 heavy (non-hydrogen) atoms. The molecule has 3 rings (SSSR count). The summed E-state index contributed by atoms with van der Waals surface area (Å²) in [6.45, 7) is 0. The first-order valence-corrected chi connectivity index (χ1v) is 7.47. The number of carbonyl (C=O) groups is 1. The number of nitrogens with one attached hydrogen (secondary N) is 1. The van der Waals surface area contributed by atoms with Crippen LogP contribution in [-0.2, 0) is 0 Å². The van der Waals surface area contributed by atoms with Gasteiger partial charge in [-0.05, 0) is 23.8 Å². The van der Waals surface area contributed by atoms with Crippen molar-refractivity contribution in [3.8, 4) is 16.9 Å². The Morgan fingerprint density at radius 1 is 1.18 bits per heavy atom. The van der Waals surface area contributed by atoms with Crippen molar-refractivity contribution in [1.29, 1.82) is 0 Å². The Bertz CT molecular complexity index is 773. The van der Waals surface area contributed by atoms with Crippen molar-refractivity contribution >= 4 is 22.4 Å². The van der Waals surface area contributed by atoms with Gasteiger partial charge in [0.05, 0.1) is 7.11 Å². The van der Waals surface area contributed by atoms with E-state index in [1.165, 1.54) is 11.3 Å². The van der Waals surface area contributed by atoms with Gasteiger partial charge in [-0.2, -0.15) is 0 Å². The molecule has 0 saturated carbocycles. The van der Waals surface area contributed by atoms with E-state index in [1.54, 1.807) is 24.8 Å². The second kappa shape index (κ2) is 6.36. The van der Waals surface area contributed by atoms with Gasteiger partial charge in [-0.25, -0.2) is 0 Å². The van der Waals surface area contributed by atoms with Crippen molar-refractivity contribution in [2.45, 2.75) is 0 Å². The zero-order valence-electron chi connectivity index (χ0n) is 11.8. The molecule has 0 aliphatic rings. The smallest absolute Gasteiger partial charge is 0.257 e. The first-order chi connectivity index (χ1) is 10.8. The Balaban J connectivity index is 1.90. The van der Waals surface area contributed by atoms with E-state index in [0.717, 1.165) is 11.1 Å². The predicted molar refractivity (Wildman–Crippen MR) is 86.3 cm³/mol. The minimum atomic E-state index is -0.241. The molecule has 0 spiro atoms. The molecule has 1 aromatic heterocycles. The fourth-order valence-electron chi connectivity index (χ4n) is 2.09. The number of aromatic nitrogens is 2. The molecule has 0 saturated heterocycles. The average molecular weight is 311 g/mol. The summed E-state index contributed by atoms with van der Waals surface area (Å²) < 4.78 is 5.42. The molecule has 0 bridgehead atoms. The maximum absolute atomic E-state index is 12.2. The Labute approximate surface area is 131 Å². The third kappa shape index (κ3) is 2.96. The lowest BCUT2D eigenvalue weighted by Gasteiger charge is -2.10. The molecule has 0 radical (unpaired) electrons. The Morgan fingerprint density at radius 3 is 2.68 bits per heavy atom. The van der Waals surface area contributed by atoms with Crippen LogP contribution < -0.4 is 10.1 Å². The monoisotopic (exact) mass is 311 g/mol. The Morgan fingerprint density at radius 2 is 2.00 bits per heavy atom. The first kappa shape index (κ1) is 14.2. The van der Waals surface area contributed by atoms with Crippen LogP contribution in [0.2, 0.25) is 0 Å². The number of rotatable bonds is 4. The number of benzene rings is 2. The Kier molecular flexibility index (Phi) is 4.11. The fourth-order valence-corrected chi connectivity index (χ4v) is 2.53. The summed E-state index contributed by atoms with van der Waals surface area (Å²) in [6.07, 6.45) is 0. The van der Waals surface area contributed by atoms with Crippen LogP contribution in [0.5, 0.6) is 5.75 Å². The molecule has 110 valence electrons. The van der Waals surface area contributed by atoms with Gasteiger partial charge in [0.2, 0.25) is 5.13 Å². The number of nitrogens with zero attached hydrogens (tertiary/aromatic N) is 2. The van der Waals surface area contributed by atoms with E-state index in [-0.39, 0.29) is 5.91 Å². The summed E-state index contributed by atoms with van der Waals surface area (Å²) in [5.41, 5.74) is 4.05. The van der Waals surface area contributed by atoms with Crippen LogP contribution in [0.3, 0.4) is 0 Å². The van der Waals surface area contributed by atoms with Crippen molar-refractivity contribution in [1.82, 2.24) is 10.2 Å². The van der Waals surface area contributed by atoms with Crippen LogP contribution in [0.25, 0.3) is 11.1 Å². The standard InChI is InChI=1S/C16H13N3O2S/c1-21-14-9-12(15(20)18-16-19-17-10-22-16)7-8-13(14)11-5-3-2-4-6-11/h2-10H,1H3,(H,18,19,20). The van der Waals surface area contributed by atoms with E-state index in [1.807, 2.05) is 36.4 Å². The molecular formula is C16H13N3O2S. The van der Waals surface area contributed by atoms with Gasteiger partial charge in [-0.15, -0.1) is 10.2 Å². The second-order valence-corrected chi connectivity index (χ2v) is 5.31. The first-order valence-electron chi connectivity index (χ1n) is 6.59. The van der Waals surface area contributed by atoms with Gasteiger partial charge in [-0.1, -0.05) is 41.7 Å². The maximum atomic E-state index is 12.2. The molecule has 1 heterocycles. The van der Waals surface area contributed by atoms with Crippen LogP contribution in [0.1, 0.15) is 10.4 Å². The van der Waals surface area contributed by atoms with Crippen molar-refractivity contribution in [3.63, 3.8) is 0 Å². The van der Waals surface area contributed by atoms with Gasteiger partial charge in [0.1, 0.15) is 11.3 Å². The lowest BCUT2D eigenvalue weighted by atomic mass is 10.0. The van der Waals surface area contributed by atoms with Crippen LogP contribution >= 0.6 is 11.3 Å². The van der Waals surface area contributed by atoms with Gasteiger partial charge in [0.15, 0.2) is 0 Å². The molecule has 0 aliphatic heterocycles. The molecule has 1 N–H and O–H groups in total. The highest BCUT2D eigenvalue weighted by atomic mass is 32.1. The van der Waals surface area contributed by atoms with Gasteiger partial charge in [0.25, 0.3) is 5.91 Å². The van der Waals surface area contributed by atoms with Crippen molar-refractivity contribution in [2.75, 3.05) is 12.4 Å². The molecule has 2 aromatic carbocycles. The number of ether oxygens (including phenoxy) is 1. The number of anilines is 1. The second-order valence-electron chi connectivity index (χ2n) is 4.48. The van der Waals surface area contributed by atoms with E-state index >= 15 is 0 Å². The van der Waals surface area contributed by atoms with E-state index < -0.39 is 0 Å². The lowest BCUT2D eigenvalue weighted by molar-refractivity contribution is 0.102. The van der Waals surface area contributed by atoms with Gasteiger partial charge in [-0.3, -0.25) is 10.1 Å². The summed E-state index contributed by atoms with van der Waals surface area (Å²) in [5.74, 6) is 0.408. The van der Waals surface area contributed by atoms with Gasteiger partial charge < -0.3 is 4.74 Å². The number of methoxy groups -OCH3 is 1. The van der Waals surface area contributed by atoms with Gasteiger partial charge in [0, 0.05) is 11.1 Å². The molecule has 0 fully saturated rings. The molecule has 0 atom stereocenters. The number of amides is 1. The molecule has 6 heteroatoms. The topological polar surface area (TPSA) is 64.1 Å². The third-order valence-electron chi connectivity index (χ3n) is 3.13. The summed E-state index contributed by atoms with van der Waals surface area (Å²) in [7, 11) is 1.59. The molecule has 5 nitrogen and oxygen atoms in total. The zero-order valence-corrected chi connectivity index (χ0v) is 12.6. The summed E-state index contributed by atoms with van der Waals surface area (Å²) in [5, 5.41) is 10.6. The third-order valence-corrected chi connectivity index (χ3v) is 3.74. The average Bonchev–Trinajstić information content (AvgIpc) is 3.08. The molecule has 0 aliphatic carbocycles. The minimum absolute atomic E-state index is 0.241. The van der Waals surface area contributed by atoms with Crippen LogP contribution in [0, 0.1) is 0 Å². The quantitative estimate of drug-likeness (QED) is 0.801. The van der Waals surface area contributed by atoms with Crippen molar-refractivity contribution < 1.29 is 9.53 Å². The van der Waals surface area contributed by atoms with Crippen LogP contribution in [0.15, 0.2) is 54.0 Å². The minimum Gasteiger partial charge on any atom is -0.496 e.